The number of aromatic nitrogens is 1. The second kappa shape index (κ2) is 7.93. The smallest absolute Gasteiger partial charge is 0.273 e. The molecule has 2 aromatic carbocycles. The second-order valence-electron chi connectivity index (χ2n) is 8.47. The number of hydrogen-bond donors (Lipinski definition) is 0. The zero-order valence-electron chi connectivity index (χ0n) is 17.5. The van der Waals surface area contributed by atoms with Crippen molar-refractivity contribution >= 4 is 23.0 Å². The van der Waals surface area contributed by atoms with E-state index < -0.39 is 5.60 Å². The highest BCUT2D eigenvalue weighted by Crippen LogP contribution is 2.39. The van der Waals surface area contributed by atoms with Crippen molar-refractivity contribution in [2.45, 2.75) is 38.2 Å². The normalized spacial score (nSPS) is 17.3. The van der Waals surface area contributed by atoms with Gasteiger partial charge >= 0.3 is 0 Å². The fourth-order valence-corrected chi connectivity index (χ4v) is 5.23. The van der Waals surface area contributed by atoms with Crippen LogP contribution in [0.5, 0.6) is 5.75 Å². The molecule has 5 nitrogen and oxygen atoms in total. The highest BCUT2D eigenvalue weighted by molar-refractivity contribution is 7.09. The monoisotopic (exact) mass is 432 g/mol. The number of carbonyl (C=O) groups is 2. The van der Waals surface area contributed by atoms with E-state index in [-0.39, 0.29) is 11.7 Å². The van der Waals surface area contributed by atoms with E-state index in [0.717, 1.165) is 17.0 Å². The number of ketones is 1. The van der Waals surface area contributed by atoms with Crippen molar-refractivity contribution in [2.75, 3.05) is 13.1 Å². The lowest BCUT2D eigenvalue weighted by Crippen LogP contribution is -2.52. The minimum Gasteiger partial charge on any atom is -0.486 e. The lowest BCUT2D eigenvalue weighted by molar-refractivity contribution is -0.00585. The number of piperidine rings is 1. The van der Waals surface area contributed by atoms with Gasteiger partial charge in [-0.2, -0.15) is 0 Å². The number of likely N-dealkylation sites (tertiary alicyclic amines) is 1. The average Bonchev–Trinajstić information content (AvgIpc) is 3.24. The van der Waals surface area contributed by atoms with Gasteiger partial charge in [0.05, 0.1) is 17.0 Å². The molecule has 1 aromatic heterocycles. The van der Waals surface area contributed by atoms with Crippen molar-refractivity contribution in [3.05, 3.63) is 81.3 Å². The van der Waals surface area contributed by atoms with Crippen LogP contribution in [0.25, 0.3) is 0 Å². The number of amides is 1. The van der Waals surface area contributed by atoms with Crippen LogP contribution in [0.4, 0.5) is 0 Å². The Labute approximate surface area is 185 Å². The summed E-state index contributed by atoms with van der Waals surface area (Å²) in [7, 11) is 0. The van der Waals surface area contributed by atoms with Gasteiger partial charge in [-0.15, -0.1) is 11.3 Å². The van der Waals surface area contributed by atoms with Crippen LogP contribution in [0.15, 0.2) is 53.9 Å². The minimum atomic E-state index is -0.503. The van der Waals surface area contributed by atoms with Crippen LogP contribution in [0.3, 0.4) is 0 Å². The number of Topliss-reactive ketones (excluding diaryl/α,β-unsaturated/α-hetero) is 1. The summed E-state index contributed by atoms with van der Waals surface area (Å²) in [4.78, 5) is 32.1. The summed E-state index contributed by atoms with van der Waals surface area (Å²) in [6, 6.07) is 15.9. The SMILES string of the molecule is Cc1ccc2c(c1)C(=O)CC1(CCN(C(=O)c3csc(Cc4ccccc4)n3)CC1)O2. The number of carbonyl (C=O) groups excluding carboxylic acids is 2. The first-order valence-electron chi connectivity index (χ1n) is 10.6. The highest BCUT2D eigenvalue weighted by atomic mass is 32.1. The number of nitrogens with zero attached hydrogens (tertiary/aromatic N) is 2. The van der Waals surface area contributed by atoms with Crippen molar-refractivity contribution in [1.82, 2.24) is 9.88 Å². The van der Waals surface area contributed by atoms with Crippen molar-refractivity contribution in [3.8, 4) is 5.75 Å². The summed E-state index contributed by atoms with van der Waals surface area (Å²) in [6.07, 6.45) is 2.41. The van der Waals surface area contributed by atoms with Gasteiger partial charge in [-0.3, -0.25) is 9.59 Å². The summed E-state index contributed by atoms with van der Waals surface area (Å²) in [5.41, 5.74) is 2.93. The van der Waals surface area contributed by atoms with Gasteiger partial charge in [0.1, 0.15) is 17.0 Å². The van der Waals surface area contributed by atoms with Crippen LogP contribution >= 0.6 is 11.3 Å². The van der Waals surface area contributed by atoms with E-state index in [1.54, 1.807) is 0 Å². The van der Waals surface area contributed by atoms with Crippen molar-refractivity contribution in [3.63, 3.8) is 0 Å². The van der Waals surface area contributed by atoms with Crippen LogP contribution in [-0.4, -0.2) is 40.3 Å². The second-order valence-corrected chi connectivity index (χ2v) is 9.41. The molecule has 0 atom stereocenters. The van der Waals surface area contributed by atoms with E-state index in [0.29, 0.717) is 49.4 Å². The number of hydrogen-bond acceptors (Lipinski definition) is 5. The lowest BCUT2D eigenvalue weighted by Gasteiger charge is -2.43. The zero-order valence-corrected chi connectivity index (χ0v) is 18.3. The Balaban J connectivity index is 1.24. The van der Waals surface area contributed by atoms with E-state index in [1.807, 2.05) is 53.6 Å². The van der Waals surface area contributed by atoms with Crippen molar-refractivity contribution < 1.29 is 14.3 Å². The number of benzene rings is 2. The van der Waals surface area contributed by atoms with Gasteiger partial charge in [-0.05, 0) is 24.6 Å². The third kappa shape index (κ3) is 4.00. The maximum Gasteiger partial charge on any atom is 0.273 e. The summed E-state index contributed by atoms with van der Waals surface area (Å²) >= 11 is 1.52. The van der Waals surface area contributed by atoms with Gasteiger partial charge in [0, 0.05) is 37.7 Å². The van der Waals surface area contributed by atoms with E-state index >= 15 is 0 Å². The molecule has 1 saturated heterocycles. The zero-order chi connectivity index (χ0) is 21.4. The molecule has 0 aliphatic carbocycles. The Bertz CT molecular complexity index is 1130. The number of rotatable bonds is 3. The Morgan fingerprint density at radius 3 is 2.71 bits per heavy atom. The molecule has 1 spiro atoms. The standard InChI is InChI=1S/C25H24N2O3S/c1-17-7-8-22-19(13-17)21(28)15-25(30-22)9-11-27(12-10-25)24(29)20-16-31-23(26-20)14-18-5-3-2-4-6-18/h2-8,13,16H,9-12,14-15H2,1H3. The topological polar surface area (TPSA) is 59.5 Å². The quantitative estimate of drug-likeness (QED) is 0.603. The van der Waals surface area contributed by atoms with E-state index in [1.165, 1.54) is 16.9 Å². The molecule has 2 aliphatic rings. The molecule has 6 heteroatoms. The molecule has 0 N–H and O–H groups in total. The minimum absolute atomic E-state index is 0.0384. The highest BCUT2D eigenvalue weighted by Gasteiger charge is 2.43. The molecule has 1 amide bonds. The molecule has 3 heterocycles. The molecule has 1 fully saturated rings. The van der Waals surface area contributed by atoms with Gasteiger partial charge in [-0.1, -0.05) is 42.0 Å². The first-order valence-corrected chi connectivity index (χ1v) is 11.5. The maximum atomic E-state index is 13.0. The Kier molecular flexibility index (Phi) is 5.10. The van der Waals surface area contributed by atoms with Crippen LogP contribution in [0.2, 0.25) is 0 Å². The fourth-order valence-electron chi connectivity index (χ4n) is 4.43. The first kappa shape index (κ1) is 19.9. The molecule has 0 saturated carbocycles. The predicted octanol–water partition coefficient (Wildman–Crippen LogP) is 4.68. The molecule has 0 bridgehead atoms. The summed E-state index contributed by atoms with van der Waals surface area (Å²) < 4.78 is 6.32. The molecule has 2 aliphatic heterocycles. The number of ether oxygens (including phenoxy) is 1. The molecule has 0 unspecified atom stereocenters. The molecular weight excluding hydrogens is 408 g/mol. The third-order valence-corrected chi connectivity index (χ3v) is 7.02. The van der Waals surface area contributed by atoms with E-state index in [9.17, 15) is 9.59 Å². The van der Waals surface area contributed by atoms with Crippen molar-refractivity contribution in [1.29, 1.82) is 0 Å². The van der Waals surface area contributed by atoms with Gasteiger partial charge in [0.2, 0.25) is 0 Å². The van der Waals surface area contributed by atoms with E-state index in [4.69, 9.17) is 4.74 Å². The molecule has 3 aromatic rings. The Hall–Kier alpha value is -2.99. The van der Waals surface area contributed by atoms with Crippen LogP contribution in [-0.2, 0) is 6.42 Å². The van der Waals surface area contributed by atoms with Crippen LogP contribution < -0.4 is 4.74 Å². The van der Waals surface area contributed by atoms with Gasteiger partial charge in [0.25, 0.3) is 5.91 Å². The van der Waals surface area contributed by atoms with Crippen LogP contribution in [0.1, 0.15) is 56.2 Å². The van der Waals surface area contributed by atoms with Crippen LogP contribution in [0, 0.1) is 6.92 Å². The third-order valence-electron chi connectivity index (χ3n) is 6.18. The van der Waals surface area contributed by atoms with Gasteiger partial charge in [0.15, 0.2) is 5.78 Å². The molecule has 158 valence electrons. The molecule has 0 radical (unpaired) electrons. The maximum absolute atomic E-state index is 13.0. The van der Waals surface area contributed by atoms with E-state index in [2.05, 4.69) is 17.1 Å². The largest absolute Gasteiger partial charge is 0.486 e. The summed E-state index contributed by atoms with van der Waals surface area (Å²) in [6.45, 7) is 3.11. The first-order chi connectivity index (χ1) is 15.0. The molecular formula is C25H24N2O3S. The average molecular weight is 433 g/mol. The summed E-state index contributed by atoms with van der Waals surface area (Å²) in [5, 5.41) is 2.79. The Morgan fingerprint density at radius 2 is 1.94 bits per heavy atom. The molecule has 5 rings (SSSR count). The van der Waals surface area contributed by atoms with Crippen molar-refractivity contribution in [2.24, 2.45) is 0 Å². The molecule has 31 heavy (non-hydrogen) atoms. The number of aryl methyl sites for hydroxylation is 1. The predicted molar refractivity (Wildman–Crippen MR) is 120 cm³/mol. The number of fused-ring (bicyclic) bond motifs is 1. The lowest BCUT2D eigenvalue weighted by atomic mass is 9.82. The fraction of sp³-hybridized carbons (Fsp3) is 0.320. The summed E-state index contributed by atoms with van der Waals surface area (Å²) in [5.74, 6) is 0.769. The van der Waals surface area contributed by atoms with Gasteiger partial charge in [-0.25, -0.2) is 4.98 Å². The van der Waals surface area contributed by atoms with Gasteiger partial charge < -0.3 is 9.64 Å². The Morgan fingerprint density at radius 1 is 1.16 bits per heavy atom. The number of thiazole rings is 1.